The first-order valence-electron chi connectivity index (χ1n) is 7.33. The number of rotatable bonds is 4. The van der Waals surface area contributed by atoms with E-state index in [0.717, 1.165) is 0 Å². The summed E-state index contributed by atoms with van der Waals surface area (Å²) in [6, 6.07) is 12.2. The van der Waals surface area contributed by atoms with Gasteiger partial charge in [-0.25, -0.2) is 4.68 Å². The molecule has 0 aliphatic heterocycles. The predicted molar refractivity (Wildman–Crippen MR) is 97.1 cm³/mol. The molecule has 6 nitrogen and oxygen atoms in total. The number of halogens is 2. The molecular formula is C17H14Cl2N4O2. The molecule has 0 unspecified atom stereocenters. The van der Waals surface area contributed by atoms with Crippen LogP contribution in [0.15, 0.2) is 42.5 Å². The van der Waals surface area contributed by atoms with Gasteiger partial charge < -0.3 is 10.1 Å². The van der Waals surface area contributed by atoms with Crippen LogP contribution in [0.2, 0.25) is 10.0 Å². The van der Waals surface area contributed by atoms with Crippen molar-refractivity contribution in [1.82, 2.24) is 15.0 Å². The maximum atomic E-state index is 12.5. The zero-order valence-corrected chi connectivity index (χ0v) is 15.0. The molecule has 0 saturated carbocycles. The number of hydrogen-bond donors (Lipinski definition) is 1. The summed E-state index contributed by atoms with van der Waals surface area (Å²) in [4.78, 5) is 12.5. The van der Waals surface area contributed by atoms with Crippen LogP contribution in [-0.2, 0) is 0 Å². The van der Waals surface area contributed by atoms with E-state index in [1.54, 1.807) is 36.9 Å². The molecule has 25 heavy (non-hydrogen) atoms. The lowest BCUT2D eigenvalue weighted by atomic mass is 10.2. The Hall–Kier alpha value is -2.57. The van der Waals surface area contributed by atoms with E-state index in [9.17, 15) is 4.79 Å². The minimum absolute atomic E-state index is 0.182. The number of methoxy groups -OCH3 is 1. The molecule has 0 radical (unpaired) electrons. The molecule has 0 aliphatic rings. The summed E-state index contributed by atoms with van der Waals surface area (Å²) < 4.78 is 6.88. The molecule has 0 fully saturated rings. The summed E-state index contributed by atoms with van der Waals surface area (Å²) in [6.07, 6.45) is 0. The molecule has 0 spiro atoms. The fourth-order valence-electron chi connectivity index (χ4n) is 2.35. The smallest absolute Gasteiger partial charge is 0.278 e. The third-order valence-electron chi connectivity index (χ3n) is 3.60. The van der Waals surface area contributed by atoms with E-state index in [-0.39, 0.29) is 5.69 Å². The van der Waals surface area contributed by atoms with Gasteiger partial charge in [-0.05, 0) is 37.3 Å². The number of hydrogen-bond acceptors (Lipinski definition) is 4. The Morgan fingerprint density at radius 3 is 2.72 bits per heavy atom. The first-order chi connectivity index (χ1) is 12.0. The number of ether oxygens (including phenoxy) is 1. The normalized spacial score (nSPS) is 10.6. The molecule has 1 N–H and O–H groups in total. The number of anilines is 1. The van der Waals surface area contributed by atoms with Crippen LogP contribution < -0.4 is 10.1 Å². The van der Waals surface area contributed by atoms with Crippen LogP contribution >= 0.6 is 23.2 Å². The highest BCUT2D eigenvalue weighted by Gasteiger charge is 2.19. The van der Waals surface area contributed by atoms with Crippen LogP contribution in [-0.4, -0.2) is 28.0 Å². The van der Waals surface area contributed by atoms with Gasteiger partial charge in [0.2, 0.25) is 0 Å². The van der Waals surface area contributed by atoms with E-state index in [0.29, 0.717) is 32.9 Å². The van der Waals surface area contributed by atoms with Crippen LogP contribution in [0, 0.1) is 6.92 Å². The van der Waals surface area contributed by atoms with Gasteiger partial charge in [0.15, 0.2) is 5.69 Å². The van der Waals surface area contributed by atoms with E-state index >= 15 is 0 Å². The van der Waals surface area contributed by atoms with Gasteiger partial charge in [-0.1, -0.05) is 40.5 Å². The third-order valence-corrected chi connectivity index (χ3v) is 4.16. The fourth-order valence-corrected chi connectivity index (χ4v) is 2.68. The number of benzene rings is 2. The first-order valence-corrected chi connectivity index (χ1v) is 8.09. The molecule has 1 heterocycles. The van der Waals surface area contributed by atoms with Crippen LogP contribution in [0.4, 0.5) is 5.69 Å². The quantitative estimate of drug-likeness (QED) is 0.742. The Balaban J connectivity index is 1.93. The highest BCUT2D eigenvalue weighted by molar-refractivity contribution is 6.35. The summed E-state index contributed by atoms with van der Waals surface area (Å²) in [5.41, 5.74) is 1.85. The molecule has 3 aromatic rings. The number of carbonyl (C=O) groups excluding carboxylic acids is 1. The van der Waals surface area contributed by atoms with Crippen molar-refractivity contribution < 1.29 is 9.53 Å². The van der Waals surface area contributed by atoms with Crippen molar-refractivity contribution in [3.63, 3.8) is 0 Å². The molecule has 0 saturated heterocycles. The number of para-hydroxylation sites is 2. The standard InChI is InChI=1S/C17H14Cl2N4O2/c1-10-16(17(24)20-13-9-11(18)7-8-12(13)19)21-22-23(10)14-5-3-4-6-15(14)25-2/h3-9H,1-2H3,(H,20,24). The Morgan fingerprint density at radius 2 is 1.96 bits per heavy atom. The van der Waals surface area contributed by atoms with Gasteiger partial charge in [0.05, 0.1) is 23.5 Å². The fraction of sp³-hybridized carbons (Fsp3) is 0.118. The van der Waals surface area contributed by atoms with Gasteiger partial charge in [-0.3, -0.25) is 4.79 Å². The Labute approximate surface area is 154 Å². The zero-order chi connectivity index (χ0) is 18.0. The van der Waals surface area contributed by atoms with Crippen molar-refractivity contribution in [3.05, 3.63) is 63.9 Å². The number of aromatic nitrogens is 3. The molecule has 3 rings (SSSR count). The number of amides is 1. The summed E-state index contributed by atoms with van der Waals surface area (Å²) in [6.45, 7) is 1.75. The highest BCUT2D eigenvalue weighted by Crippen LogP contribution is 2.27. The van der Waals surface area contributed by atoms with Crippen molar-refractivity contribution in [1.29, 1.82) is 0 Å². The van der Waals surface area contributed by atoms with Crippen LogP contribution in [0.25, 0.3) is 5.69 Å². The van der Waals surface area contributed by atoms with Gasteiger partial charge >= 0.3 is 0 Å². The molecule has 8 heteroatoms. The minimum Gasteiger partial charge on any atom is -0.494 e. The lowest BCUT2D eigenvalue weighted by Gasteiger charge is -2.09. The first kappa shape index (κ1) is 17.3. The van der Waals surface area contributed by atoms with Crippen LogP contribution in [0.3, 0.4) is 0 Å². The Bertz CT molecular complexity index is 940. The molecule has 0 bridgehead atoms. The van der Waals surface area contributed by atoms with E-state index in [1.165, 1.54) is 0 Å². The van der Waals surface area contributed by atoms with E-state index in [2.05, 4.69) is 15.6 Å². The third kappa shape index (κ3) is 3.45. The number of carbonyl (C=O) groups is 1. The minimum atomic E-state index is -0.428. The van der Waals surface area contributed by atoms with Gasteiger partial charge in [-0.2, -0.15) is 0 Å². The molecule has 0 aliphatic carbocycles. The number of nitrogens with zero attached hydrogens (tertiary/aromatic N) is 3. The predicted octanol–water partition coefficient (Wildman–Crippen LogP) is 4.14. The van der Waals surface area contributed by atoms with E-state index in [4.69, 9.17) is 27.9 Å². The van der Waals surface area contributed by atoms with Crippen LogP contribution in [0.5, 0.6) is 5.75 Å². The number of nitrogens with one attached hydrogen (secondary N) is 1. The van der Waals surface area contributed by atoms with Crippen molar-refractivity contribution in [3.8, 4) is 11.4 Å². The topological polar surface area (TPSA) is 69.0 Å². The van der Waals surface area contributed by atoms with Gasteiger partial charge in [0.1, 0.15) is 11.4 Å². The molecular weight excluding hydrogens is 363 g/mol. The van der Waals surface area contributed by atoms with Crippen molar-refractivity contribution in [2.75, 3.05) is 12.4 Å². The summed E-state index contributed by atoms with van der Waals surface area (Å²) >= 11 is 12.0. The molecule has 0 atom stereocenters. The van der Waals surface area contributed by atoms with Gasteiger partial charge in [0.25, 0.3) is 5.91 Å². The lowest BCUT2D eigenvalue weighted by Crippen LogP contribution is -2.14. The van der Waals surface area contributed by atoms with Crippen LogP contribution in [0.1, 0.15) is 16.2 Å². The van der Waals surface area contributed by atoms with E-state index < -0.39 is 5.91 Å². The average molecular weight is 377 g/mol. The molecule has 128 valence electrons. The molecule has 2 aromatic carbocycles. The maximum absolute atomic E-state index is 12.5. The Kier molecular flexibility index (Phi) is 4.92. The summed E-state index contributed by atoms with van der Waals surface area (Å²) in [5, 5.41) is 11.6. The largest absolute Gasteiger partial charge is 0.494 e. The van der Waals surface area contributed by atoms with Crippen molar-refractivity contribution in [2.24, 2.45) is 0 Å². The second-order valence-electron chi connectivity index (χ2n) is 5.19. The van der Waals surface area contributed by atoms with Gasteiger partial charge in [-0.15, -0.1) is 5.10 Å². The van der Waals surface area contributed by atoms with Gasteiger partial charge in [0, 0.05) is 5.02 Å². The van der Waals surface area contributed by atoms with E-state index in [1.807, 2.05) is 24.3 Å². The summed E-state index contributed by atoms with van der Waals surface area (Å²) in [5.74, 6) is 0.197. The SMILES string of the molecule is COc1ccccc1-n1nnc(C(=O)Nc2cc(Cl)ccc2Cl)c1C. The monoisotopic (exact) mass is 376 g/mol. The second-order valence-corrected chi connectivity index (χ2v) is 6.03. The lowest BCUT2D eigenvalue weighted by molar-refractivity contribution is 0.102. The zero-order valence-electron chi connectivity index (χ0n) is 13.5. The molecule has 1 amide bonds. The molecule has 1 aromatic heterocycles. The average Bonchev–Trinajstić information content (AvgIpc) is 2.99. The van der Waals surface area contributed by atoms with Crippen molar-refractivity contribution >= 4 is 34.8 Å². The van der Waals surface area contributed by atoms with Crippen molar-refractivity contribution in [2.45, 2.75) is 6.92 Å². The summed E-state index contributed by atoms with van der Waals surface area (Å²) in [7, 11) is 1.57. The Morgan fingerprint density at radius 1 is 1.20 bits per heavy atom. The maximum Gasteiger partial charge on any atom is 0.278 e. The second kappa shape index (κ2) is 7.13. The highest BCUT2D eigenvalue weighted by atomic mass is 35.5.